The van der Waals surface area contributed by atoms with Crippen LogP contribution in [0.25, 0.3) is 0 Å². The van der Waals surface area contributed by atoms with E-state index in [0.717, 1.165) is 12.0 Å². The molecule has 8 nitrogen and oxygen atoms in total. The minimum Gasteiger partial charge on any atom is -0.497 e. The van der Waals surface area contributed by atoms with Crippen LogP contribution in [0.4, 0.5) is 0 Å². The molecule has 0 heterocycles. The maximum Gasteiger partial charge on any atom is 0.329 e. The Balaban J connectivity index is 1.92. The first-order valence-electron chi connectivity index (χ1n) is 10.2. The third-order valence-corrected chi connectivity index (χ3v) is 4.28. The lowest BCUT2D eigenvalue weighted by molar-refractivity contribution is -0.139. The summed E-state index contributed by atoms with van der Waals surface area (Å²) in [4.78, 5) is 24.2. The highest BCUT2D eigenvalue weighted by Gasteiger charge is 2.16. The van der Waals surface area contributed by atoms with E-state index < -0.39 is 11.8 Å². The van der Waals surface area contributed by atoms with Crippen molar-refractivity contribution in [3.63, 3.8) is 0 Å². The van der Waals surface area contributed by atoms with Gasteiger partial charge in [0.05, 0.1) is 32.6 Å². The Bertz CT molecular complexity index is 897. The maximum atomic E-state index is 12.1. The zero-order valence-corrected chi connectivity index (χ0v) is 18.3. The smallest absolute Gasteiger partial charge is 0.329 e. The van der Waals surface area contributed by atoms with Gasteiger partial charge < -0.3 is 19.5 Å². The summed E-state index contributed by atoms with van der Waals surface area (Å²) in [6.07, 6.45) is 2.32. The van der Waals surface area contributed by atoms with Crippen molar-refractivity contribution in [2.45, 2.75) is 33.2 Å². The predicted molar refractivity (Wildman–Crippen MR) is 119 cm³/mol. The van der Waals surface area contributed by atoms with Gasteiger partial charge in [-0.3, -0.25) is 9.59 Å². The molecule has 31 heavy (non-hydrogen) atoms. The minimum absolute atomic E-state index is 0.349. The Morgan fingerprint density at radius 2 is 1.77 bits per heavy atom. The predicted octanol–water partition coefficient (Wildman–Crippen LogP) is 3.21. The lowest BCUT2D eigenvalue weighted by Crippen LogP contribution is -2.39. The molecule has 2 aromatic carbocycles. The lowest BCUT2D eigenvalue weighted by Gasteiger charge is -2.14. The van der Waals surface area contributed by atoms with E-state index >= 15 is 0 Å². The van der Waals surface area contributed by atoms with Crippen molar-refractivity contribution in [1.82, 2.24) is 10.7 Å². The summed E-state index contributed by atoms with van der Waals surface area (Å²) in [6, 6.07) is 12.2. The number of amides is 2. The summed E-state index contributed by atoms with van der Waals surface area (Å²) in [6.45, 7) is 6.78. The third kappa shape index (κ3) is 7.33. The first kappa shape index (κ1) is 23.7. The average molecular weight is 428 g/mol. The van der Waals surface area contributed by atoms with E-state index in [1.807, 2.05) is 26.0 Å². The second-order valence-corrected chi connectivity index (χ2v) is 6.66. The van der Waals surface area contributed by atoms with Crippen LogP contribution in [0, 0.1) is 0 Å². The number of hydrogen-bond donors (Lipinski definition) is 2. The van der Waals surface area contributed by atoms with Crippen molar-refractivity contribution in [1.29, 1.82) is 0 Å². The van der Waals surface area contributed by atoms with Gasteiger partial charge in [-0.05, 0) is 61.7 Å². The Morgan fingerprint density at radius 3 is 2.42 bits per heavy atom. The van der Waals surface area contributed by atoms with Crippen molar-refractivity contribution in [3.05, 3.63) is 53.6 Å². The van der Waals surface area contributed by atoms with Crippen LogP contribution >= 0.6 is 0 Å². The van der Waals surface area contributed by atoms with Gasteiger partial charge in [0.25, 0.3) is 0 Å². The number of ether oxygens (including phenoxy) is 3. The van der Waals surface area contributed by atoms with E-state index in [-0.39, 0.29) is 6.04 Å². The molecule has 0 spiro atoms. The Labute approximate surface area is 182 Å². The van der Waals surface area contributed by atoms with Gasteiger partial charge in [0.15, 0.2) is 11.5 Å². The van der Waals surface area contributed by atoms with Gasteiger partial charge in [-0.1, -0.05) is 19.1 Å². The highest BCUT2D eigenvalue weighted by molar-refractivity contribution is 6.35. The van der Waals surface area contributed by atoms with Crippen molar-refractivity contribution in [3.8, 4) is 17.2 Å². The fourth-order valence-corrected chi connectivity index (χ4v) is 2.66. The molecule has 2 N–H and O–H groups in total. The molecule has 0 saturated carbocycles. The molecule has 2 aromatic rings. The summed E-state index contributed by atoms with van der Waals surface area (Å²) < 4.78 is 16.4. The van der Waals surface area contributed by atoms with Crippen molar-refractivity contribution >= 4 is 18.0 Å². The zero-order chi connectivity index (χ0) is 22.6. The van der Waals surface area contributed by atoms with Crippen LogP contribution in [0.5, 0.6) is 17.2 Å². The van der Waals surface area contributed by atoms with Crippen LogP contribution in [0.1, 0.15) is 44.4 Å². The molecule has 8 heteroatoms. The standard InChI is InChI=1S/C23H29N3O5/c1-5-13-31-20-12-7-17(14-21(20)30-6-2)15-24-26-23(28)22(27)25-16(3)18-8-10-19(29-4)11-9-18/h7-12,14-16H,5-6,13H2,1-4H3,(H,25,27)(H,26,28)/b24-15-/t16-/m1/s1. The quantitative estimate of drug-likeness (QED) is 0.345. The number of methoxy groups -OCH3 is 1. The summed E-state index contributed by atoms with van der Waals surface area (Å²) >= 11 is 0. The Hall–Kier alpha value is -3.55. The van der Waals surface area contributed by atoms with E-state index in [4.69, 9.17) is 14.2 Å². The highest BCUT2D eigenvalue weighted by Crippen LogP contribution is 2.28. The van der Waals surface area contributed by atoms with Gasteiger partial charge in [0, 0.05) is 0 Å². The monoisotopic (exact) mass is 427 g/mol. The van der Waals surface area contributed by atoms with Gasteiger partial charge in [-0.15, -0.1) is 0 Å². The molecule has 0 unspecified atom stereocenters. The van der Waals surface area contributed by atoms with Gasteiger partial charge in [0.1, 0.15) is 5.75 Å². The number of carbonyl (C=O) groups excluding carboxylic acids is 2. The fraction of sp³-hybridized carbons (Fsp3) is 0.348. The first-order chi connectivity index (χ1) is 15.0. The van der Waals surface area contributed by atoms with Gasteiger partial charge >= 0.3 is 11.8 Å². The van der Waals surface area contributed by atoms with Crippen molar-refractivity contribution in [2.75, 3.05) is 20.3 Å². The molecule has 0 radical (unpaired) electrons. The molecule has 0 aliphatic carbocycles. The molecular weight excluding hydrogens is 398 g/mol. The van der Waals surface area contributed by atoms with Crippen LogP contribution < -0.4 is 25.0 Å². The van der Waals surface area contributed by atoms with Crippen molar-refractivity contribution < 1.29 is 23.8 Å². The molecule has 2 amide bonds. The number of nitrogens with zero attached hydrogens (tertiary/aromatic N) is 1. The van der Waals surface area contributed by atoms with E-state index in [1.54, 1.807) is 44.4 Å². The van der Waals surface area contributed by atoms with Crippen LogP contribution in [0.3, 0.4) is 0 Å². The number of nitrogens with one attached hydrogen (secondary N) is 2. The van der Waals surface area contributed by atoms with Gasteiger partial charge in [-0.25, -0.2) is 5.43 Å². The van der Waals surface area contributed by atoms with E-state index in [0.29, 0.717) is 36.0 Å². The lowest BCUT2D eigenvalue weighted by atomic mass is 10.1. The number of benzene rings is 2. The molecule has 0 aliphatic rings. The van der Waals surface area contributed by atoms with Crippen LogP contribution in [0.15, 0.2) is 47.6 Å². The average Bonchev–Trinajstić information content (AvgIpc) is 2.78. The Morgan fingerprint density at radius 1 is 1.03 bits per heavy atom. The van der Waals surface area contributed by atoms with E-state index in [9.17, 15) is 9.59 Å². The molecule has 1 atom stereocenters. The topological polar surface area (TPSA) is 98.2 Å². The third-order valence-electron chi connectivity index (χ3n) is 4.28. The van der Waals surface area contributed by atoms with Gasteiger partial charge in [0.2, 0.25) is 0 Å². The maximum absolute atomic E-state index is 12.1. The molecule has 2 rings (SSSR count). The highest BCUT2D eigenvalue weighted by atomic mass is 16.5. The molecular formula is C23H29N3O5. The molecule has 166 valence electrons. The summed E-state index contributed by atoms with van der Waals surface area (Å²) in [5, 5.41) is 6.49. The van der Waals surface area contributed by atoms with Gasteiger partial charge in [-0.2, -0.15) is 5.10 Å². The largest absolute Gasteiger partial charge is 0.497 e. The number of carbonyl (C=O) groups is 2. The second-order valence-electron chi connectivity index (χ2n) is 6.66. The second kappa shape index (κ2) is 12.2. The Kier molecular flexibility index (Phi) is 9.35. The molecule has 0 saturated heterocycles. The van der Waals surface area contributed by atoms with Crippen molar-refractivity contribution in [2.24, 2.45) is 5.10 Å². The zero-order valence-electron chi connectivity index (χ0n) is 18.3. The normalized spacial score (nSPS) is 11.6. The SMILES string of the molecule is CCCOc1ccc(/C=N\NC(=O)C(=O)N[C@H](C)c2ccc(OC)cc2)cc1OCC. The number of hydrazone groups is 1. The van der Waals surface area contributed by atoms with Crippen LogP contribution in [0.2, 0.25) is 0 Å². The van der Waals surface area contributed by atoms with Crippen LogP contribution in [-0.2, 0) is 9.59 Å². The summed E-state index contributed by atoms with van der Waals surface area (Å²) in [7, 11) is 1.58. The molecule has 0 aromatic heterocycles. The summed E-state index contributed by atoms with van der Waals surface area (Å²) in [5.74, 6) is 0.323. The van der Waals surface area contributed by atoms with Crippen LogP contribution in [-0.4, -0.2) is 38.4 Å². The fourth-order valence-electron chi connectivity index (χ4n) is 2.66. The summed E-state index contributed by atoms with van der Waals surface area (Å²) in [5.41, 5.74) is 3.77. The number of rotatable bonds is 10. The molecule has 0 fully saturated rings. The minimum atomic E-state index is -0.857. The number of hydrogen-bond acceptors (Lipinski definition) is 6. The molecule has 0 aliphatic heterocycles. The first-order valence-corrected chi connectivity index (χ1v) is 10.2. The van der Waals surface area contributed by atoms with E-state index in [2.05, 4.69) is 15.8 Å². The van der Waals surface area contributed by atoms with E-state index in [1.165, 1.54) is 6.21 Å². The molecule has 0 bridgehead atoms.